The number of hydrogen-bond acceptors (Lipinski definition) is 3. The van der Waals surface area contributed by atoms with Gasteiger partial charge in [-0.1, -0.05) is 23.2 Å². The van der Waals surface area contributed by atoms with Crippen LogP contribution in [-0.2, 0) is 4.79 Å². The summed E-state index contributed by atoms with van der Waals surface area (Å²) in [5, 5.41) is 4.17. The van der Waals surface area contributed by atoms with Crippen LogP contribution in [0.2, 0.25) is 10.0 Å². The maximum Gasteiger partial charge on any atom is 0.238 e. The van der Waals surface area contributed by atoms with Crippen molar-refractivity contribution in [2.75, 3.05) is 12.8 Å². The molecular weight excluding hydrogens is 303 g/mol. The molecule has 2 rings (SSSR count). The molecule has 1 amide bonds. The van der Waals surface area contributed by atoms with Gasteiger partial charge in [0.15, 0.2) is 0 Å². The summed E-state index contributed by atoms with van der Waals surface area (Å²) in [5.41, 5.74) is 4.95. The van der Waals surface area contributed by atoms with Gasteiger partial charge >= 0.3 is 0 Å². The van der Waals surface area contributed by atoms with Crippen LogP contribution < -0.4 is 11.1 Å². The number of thioether (sulfide) groups is 1. The summed E-state index contributed by atoms with van der Waals surface area (Å²) in [4.78, 5) is 12.8. The third kappa shape index (κ3) is 3.19. The average Bonchev–Trinajstić information content (AvgIpc) is 3.19. The molecule has 1 aliphatic rings. The molecule has 0 heterocycles. The maximum absolute atomic E-state index is 11.8. The van der Waals surface area contributed by atoms with E-state index in [0.717, 1.165) is 17.7 Å². The number of carbonyl (C=O) groups excluding carboxylic acids is 1. The third-order valence-corrected chi connectivity index (χ3v) is 5.44. The lowest BCUT2D eigenvalue weighted by atomic mass is 9.95. The molecule has 1 unspecified atom stereocenters. The molecule has 0 radical (unpaired) electrons. The van der Waals surface area contributed by atoms with Crippen LogP contribution >= 0.6 is 35.0 Å². The average molecular weight is 319 g/mol. The van der Waals surface area contributed by atoms with Crippen LogP contribution in [0.4, 0.5) is 0 Å². The first kappa shape index (κ1) is 15.0. The summed E-state index contributed by atoms with van der Waals surface area (Å²) in [6, 6.07) is 5.46. The molecule has 1 aromatic carbocycles. The number of nitrogens with one attached hydrogen (secondary N) is 1. The number of benzene rings is 1. The largest absolute Gasteiger partial charge is 0.368 e. The Morgan fingerprint density at radius 1 is 1.47 bits per heavy atom. The first-order chi connectivity index (χ1) is 8.99. The number of halogens is 2. The maximum atomic E-state index is 11.8. The van der Waals surface area contributed by atoms with E-state index in [2.05, 4.69) is 5.32 Å². The van der Waals surface area contributed by atoms with Crippen LogP contribution in [-0.4, -0.2) is 24.2 Å². The summed E-state index contributed by atoms with van der Waals surface area (Å²) >= 11 is 13.4. The molecule has 0 bridgehead atoms. The second-order valence-corrected chi connectivity index (χ2v) is 6.59. The number of amides is 1. The van der Waals surface area contributed by atoms with E-state index in [1.54, 1.807) is 24.9 Å². The van der Waals surface area contributed by atoms with Crippen LogP contribution in [0.1, 0.15) is 12.8 Å². The van der Waals surface area contributed by atoms with Gasteiger partial charge < -0.3 is 11.1 Å². The Labute approximate surface area is 127 Å². The van der Waals surface area contributed by atoms with Gasteiger partial charge in [0.25, 0.3) is 0 Å². The zero-order chi connectivity index (χ0) is 14.0. The second kappa shape index (κ2) is 5.92. The molecule has 0 saturated heterocycles. The topological polar surface area (TPSA) is 55.1 Å². The van der Waals surface area contributed by atoms with Crippen molar-refractivity contribution in [3.8, 4) is 0 Å². The Morgan fingerprint density at radius 2 is 2.16 bits per heavy atom. The zero-order valence-corrected chi connectivity index (χ0v) is 12.9. The van der Waals surface area contributed by atoms with Crippen LogP contribution in [0.5, 0.6) is 0 Å². The SMILES string of the molecule is CNC(CSc1ccc(Cl)c(Cl)c1)(C(N)=O)C1CC1. The van der Waals surface area contributed by atoms with Crippen LogP contribution in [0.25, 0.3) is 0 Å². The molecule has 1 fully saturated rings. The minimum Gasteiger partial charge on any atom is -0.368 e. The van der Waals surface area contributed by atoms with Gasteiger partial charge in [-0.15, -0.1) is 11.8 Å². The standard InChI is InChI=1S/C13H16Cl2N2OS/c1-17-13(12(16)18,8-2-3-8)7-19-9-4-5-10(14)11(15)6-9/h4-6,8,17H,2-3,7H2,1H3,(H2,16,18). The van der Waals surface area contributed by atoms with E-state index in [1.807, 2.05) is 12.1 Å². The van der Waals surface area contributed by atoms with Gasteiger partial charge in [-0.05, 0) is 44.0 Å². The van der Waals surface area contributed by atoms with E-state index in [-0.39, 0.29) is 5.91 Å². The first-order valence-corrected chi connectivity index (χ1v) is 7.80. The summed E-state index contributed by atoms with van der Waals surface area (Å²) < 4.78 is 0. The van der Waals surface area contributed by atoms with E-state index in [1.165, 1.54) is 0 Å². The lowest BCUT2D eigenvalue weighted by Gasteiger charge is -2.30. The van der Waals surface area contributed by atoms with Crippen LogP contribution in [0.3, 0.4) is 0 Å². The minimum absolute atomic E-state index is 0.287. The van der Waals surface area contributed by atoms with Crippen molar-refractivity contribution in [1.82, 2.24) is 5.32 Å². The second-order valence-electron chi connectivity index (χ2n) is 4.72. The number of carbonyl (C=O) groups is 1. The molecule has 1 atom stereocenters. The van der Waals surface area contributed by atoms with Gasteiger partial charge in [0.2, 0.25) is 5.91 Å². The minimum atomic E-state index is -0.628. The number of hydrogen-bond donors (Lipinski definition) is 2. The highest BCUT2D eigenvalue weighted by Crippen LogP contribution is 2.42. The molecule has 19 heavy (non-hydrogen) atoms. The molecule has 0 aromatic heterocycles. The van der Waals surface area contributed by atoms with Crippen LogP contribution in [0.15, 0.2) is 23.1 Å². The zero-order valence-electron chi connectivity index (χ0n) is 10.6. The van der Waals surface area contributed by atoms with Gasteiger partial charge in [0.05, 0.1) is 10.0 Å². The van der Waals surface area contributed by atoms with Gasteiger partial charge in [-0.3, -0.25) is 4.79 Å². The fourth-order valence-corrected chi connectivity index (χ4v) is 3.77. The van der Waals surface area contributed by atoms with E-state index in [0.29, 0.717) is 21.7 Å². The molecule has 1 aromatic rings. The summed E-state index contributed by atoms with van der Waals surface area (Å²) in [6.07, 6.45) is 2.09. The van der Waals surface area contributed by atoms with E-state index in [4.69, 9.17) is 28.9 Å². The highest BCUT2D eigenvalue weighted by Gasteiger charge is 2.48. The molecule has 3 N–H and O–H groups in total. The number of likely N-dealkylation sites (N-methyl/N-ethyl adjacent to an activating group) is 1. The summed E-state index contributed by atoms with van der Waals surface area (Å²) in [5.74, 6) is 0.650. The summed E-state index contributed by atoms with van der Waals surface area (Å²) in [7, 11) is 1.79. The van der Waals surface area contributed by atoms with Crippen molar-refractivity contribution in [3.05, 3.63) is 28.2 Å². The normalized spacial score (nSPS) is 18.1. The fourth-order valence-electron chi connectivity index (χ4n) is 2.13. The van der Waals surface area contributed by atoms with Gasteiger partial charge in [-0.25, -0.2) is 0 Å². The van der Waals surface area contributed by atoms with E-state index < -0.39 is 5.54 Å². The first-order valence-electron chi connectivity index (χ1n) is 6.06. The Bertz CT molecular complexity index is 494. The van der Waals surface area contributed by atoms with Gasteiger partial charge in [0, 0.05) is 10.6 Å². The highest BCUT2D eigenvalue weighted by molar-refractivity contribution is 7.99. The molecule has 104 valence electrons. The summed E-state index contributed by atoms with van der Waals surface area (Å²) in [6.45, 7) is 0. The smallest absolute Gasteiger partial charge is 0.238 e. The lowest BCUT2D eigenvalue weighted by Crippen LogP contribution is -2.57. The molecule has 1 saturated carbocycles. The van der Waals surface area contributed by atoms with E-state index in [9.17, 15) is 4.79 Å². The predicted octanol–water partition coefficient (Wildman–Crippen LogP) is 2.94. The molecule has 1 aliphatic carbocycles. The molecule has 0 aliphatic heterocycles. The number of nitrogens with two attached hydrogens (primary N) is 1. The fraction of sp³-hybridized carbons (Fsp3) is 0.462. The molecular formula is C13H16Cl2N2OS. The molecule has 6 heteroatoms. The Kier molecular flexibility index (Phi) is 4.66. The molecule has 3 nitrogen and oxygen atoms in total. The Balaban J connectivity index is 2.10. The Hall–Kier alpha value is -0.420. The highest BCUT2D eigenvalue weighted by atomic mass is 35.5. The van der Waals surface area contributed by atoms with E-state index >= 15 is 0 Å². The van der Waals surface area contributed by atoms with Crippen molar-refractivity contribution in [3.63, 3.8) is 0 Å². The Morgan fingerprint density at radius 3 is 2.63 bits per heavy atom. The van der Waals surface area contributed by atoms with Crippen molar-refractivity contribution >= 4 is 40.9 Å². The third-order valence-electron chi connectivity index (χ3n) is 3.52. The quantitative estimate of drug-likeness (QED) is 0.793. The van der Waals surface area contributed by atoms with Gasteiger partial charge in [-0.2, -0.15) is 0 Å². The van der Waals surface area contributed by atoms with Crippen molar-refractivity contribution in [2.24, 2.45) is 11.7 Å². The van der Waals surface area contributed by atoms with Crippen molar-refractivity contribution in [2.45, 2.75) is 23.3 Å². The number of primary amides is 1. The predicted molar refractivity (Wildman–Crippen MR) is 80.9 cm³/mol. The van der Waals surface area contributed by atoms with Crippen molar-refractivity contribution < 1.29 is 4.79 Å². The molecule has 0 spiro atoms. The van der Waals surface area contributed by atoms with Crippen molar-refractivity contribution in [1.29, 1.82) is 0 Å². The van der Waals surface area contributed by atoms with Crippen LogP contribution in [0, 0.1) is 5.92 Å². The number of rotatable bonds is 6. The monoisotopic (exact) mass is 318 g/mol. The van der Waals surface area contributed by atoms with Gasteiger partial charge in [0.1, 0.15) is 5.54 Å². The lowest BCUT2D eigenvalue weighted by molar-refractivity contribution is -0.124.